The van der Waals surface area contributed by atoms with Gasteiger partial charge in [0, 0.05) is 54.8 Å². The van der Waals surface area contributed by atoms with Crippen LogP contribution in [0.5, 0.6) is 0 Å². The van der Waals surface area contributed by atoms with E-state index in [1.165, 1.54) is 11.1 Å². The van der Waals surface area contributed by atoms with Crippen molar-refractivity contribution >= 4 is 10.9 Å². The van der Waals surface area contributed by atoms with E-state index >= 15 is 0 Å². The van der Waals surface area contributed by atoms with Crippen LogP contribution in [0.15, 0.2) is 59.1 Å². The molecule has 0 amide bonds. The van der Waals surface area contributed by atoms with Crippen LogP contribution in [0, 0.1) is 13.8 Å². The van der Waals surface area contributed by atoms with Gasteiger partial charge in [-0.15, -0.1) is 10.2 Å². The van der Waals surface area contributed by atoms with Crippen LogP contribution in [0.1, 0.15) is 41.2 Å². The lowest BCUT2D eigenvalue weighted by atomic mass is 9.99. The van der Waals surface area contributed by atoms with Crippen LogP contribution < -0.4 is 0 Å². The Labute approximate surface area is 223 Å². The summed E-state index contributed by atoms with van der Waals surface area (Å²) in [6, 6.07) is 19.2. The highest BCUT2D eigenvalue weighted by Crippen LogP contribution is 2.26. The van der Waals surface area contributed by atoms with Crippen molar-refractivity contribution in [3.8, 4) is 22.6 Å². The second-order valence-corrected chi connectivity index (χ2v) is 10.5. The zero-order valence-corrected chi connectivity index (χ0v) is 22.4. The normalized spacial score (nSPS) is 14.1. The Bertz CT molecular complexity index is 1580. The van der Waals surface area contributed by atoms with Gasteiger partial charge in [-0.1, -0.05) is 23.4 Å². The summed E-state index contributed by atoms with van der Waals surface area (Å²) in [7, 11) is 2.07. The van der Waals surface area contributed by atoms with Crippen LogP contribution in [0.4, 0.5) is 0 Å². The van der Waals surface area contributed by atoms with Crippen molar-refractivity contribution in [1.82, 2.24) is 29.8 Å². The lowest BCUT2D eigenvalue weighted by Crippen LogP contribution is -2.27. The molecule has 0 saturated heterocycles. The van der Waals surface area contributed by atoms with Crippen LogP contribution in [-0.2, 0) is 26.3 Å². The molecule has 38 heavy (non-hydrogen) atoms. The largest absolute Gasteiger partial charge is 0.361 e. The van der Waals surface area contributed by atoms with Crippen molar-refractivity contribution in [2.45, 2.75) is 46.0 Å². The minimum absolute atomic E-state index is 0.847. The summed E-state index contributed by atoms with van der Waals surface area (Å²) in [5.74, 6) is 2.80. The number of unbranched alkanes of at least 4 members (excludes halogenated alkanes) is 1. The number of fused-ring (bicyclic) bond motifs is 2. The molecule has 0 N–H and O–H groups in total. The molecule has 7 nitrogen and oxygen atoms in total. The molecular weight excluding hydrogens is 472 g/mol. The summed E-state index contributed by atoms with van der Waals surface area (Å²) in [5.41, 5.74) is 8.09. The third-order valence-electron chi connectivity index (χ3n) is 7.70. The number of hydrogen-bond acceptors (Lipinski definition) is 6. The molecule has 5 aromatic rings. The average molecular weight is 507 g/mol. The molecule has 2 aromatic carbocycles. The van der Waals surface area contributed by atoms with Crippen LogP contribution >= 0.6 is 0 Å². The monoisotopic (exact) mass is 506 g/mol. The van der Waals surface area contributed by atoms with E-state index in [0.29, 0.717) is 0 Å². The molecule has 6 rings (SSSR count). The molecule has 0 spiro atoms. The standard InChI is InChI=1S/C31H34N6O/c1-21-7-8-25-20-27(11-12-28(25)32-21)31-34-33-30(36(31)3)6-4-5-15-37-16-13-23-9-10-26(19-24(23)14-17-37)29-18-22(2)38-35-29/h7-12,18-20H,4-6,13-17H2,1-3H3. The van der Waals surface area contributed by atoms with E-state index in [-0.39, 0.29) is 0 Å². The summed E-state index contributed by atoms with van der Waals surface area (Å²) in [6.07, 6.45) is 5.37. The fraction of sp³-hybridized carbons (Fsp3) is 0.355. The maximum absolute atomic E-state index is 5.27. The van der Waals surface area contributed by atoms with Crippen molar-refractivity contribution in [3.05, 3.63) is 83.0 Å². The topological polar surface area (TPSA) is 72.9 Å². The number of nitrogens with zero attached hydrogens (tertiary/aromatic N) is 6. The average Bonchev–Trinajstić information content (AvgIpc) is 3.46. The van der Waals surface area contributed by atoms with Gasteiger partial charge < -0.3 is 14.0 Å². The molecule has 0 radical (unpaired) electrons. The Kier molecular flexibility index (Phi) is 6.77. The number of aryl methyl sites for hydroxylation is 3. The highest BCUT2D eigenvalue weighted by Gasteiger charge is 2.16. The summed E-state index contributed by atoms with van der Waals surface area (Å²) in [4.78, 5) is 7.21. The Hall–Kier alpha value is -3.84. The molecule has 0 unspecified atom stereocenters. The number of pyridine rings is 1. The Morgan fingerprint density at radius 2 is 1.68 bits per heavy atom. The molecule has 0 fully saturated rings. The molecular formula is C31H34N6O. The van der Waals surface area contributed by atoms with Gasteiger partial charge in [0.25, 0.3) is 0 Å². The van der Waals surface area contributed by atoms with Gasteiger partial charge in [0.1, 0.15) is 17.3 Å². The molecule has 1 aliphatic heterocycles. The Morgan fingerprint density at radius 3 is 2.53 bits per heavy atom. The minimum Gasteiger partial charge on any atom is -0.361 e. The first kappa shape index (κ1) is 24.5. The van der Waals surface area contributed by atoms with Gasteiger partial charge in [-0.3, -0.25) is 4.98 Å². The lowest BCUT2D eigenvalue weighted by molar-refractivity contribution is 0.281. The Morgan fingerprint density at radius 1 is 0.842 bits per heavy atom. The number of benzene rings is 2. The summed E-state index contributed by atoms with van der Waals surface area (Å²) in [5, 5.41) is 14.4. The fourth-order valence-corrected chi connectivity index (χ4v) is 5.47. The van der Waals surface area contributed by atoms with Gasteiger partial charge >= 0.3 is 0 Å². The zero-order chi connectivity index (χ0) is 26.1. The second kappa shape index (κ2) is 10.5. The zero-order valence-electron chi connectivity index (χ0n) is 22.4. The van der Waals surface area contributed by atoms with E-state index in [1.54, 1.807) is 0 Å². The first-order valence-electron chi connectivity index (χ1n) is 13.6. The van der Waals surface area contributed by atoms with E-state index < -0.39 is 0 Å². The van der Waals surface area contributed by atoms with Gasteiger partial charge in [0.15, 0.2) is 5.82 Å². The third-order valence-corrected chi connectivity index (χ3v) is 7.70. The SMILES string of the molecule is Cc1ccc2cc(-c3nnc(CCCCN4CCc5ccc(-c6cc(C)on6)cc5CC4)n3C)ccc2n1. The smallest absolute Gasteiger partial charge is 0.163 e. The van der Waals surface area contributed by atoms with Crippen molar-refractivity contribution in [2.24, 2.45) is 7.05 Å². The van der Waals surface area contributed by atoms with Crippen molar-refractivity contribution in [3.63, 3.8) is 0 Å². The molecule has 3 aromatic heterocycles. The number of aromatic nitrogens is 5. The summed E-state index contributed by atoms with van der Waals surface area (Å²) in [6.45, 7) is 7.28. The van der Waals surface area contributed by atoms with E-state index in [0.717, 1.165) is 103 Å². The summed E-state index contributed by atoms with van der Waals surface area (Å²) >= 11 is 0. The molecule has 0 atom stereocenters. The predicted octanol–water partition coefficient (Wildman–Crippen LogP) is 5.73. The van der Waals surface area contributed by atoms with Gasteiger partial charge in [-0.2, -0.15) is 0 Å². The van der Waals surface area contributed by atoms with Crippen LogP contribution in [-0.4, -0.2) is 49.4 Å². The molecule has 194 valence electrons. The number of rotatable bonds is 7. The van der Waals surface area contributed by atoms with E-state index in [4.69, 9.17) is 4.52 Å². The van der Waals surface area contributed by atoms with Gasteiger partial charge in [0.2, 0.25) is 0 Å². The second-order valence-electron chi connectivity index (χ2n) is 10.5. The molecule has 0 bridgehead atoms. The molecule has 0 aliphatic carbocycles. The van der Waals surface area contributed by atoms with Crippen LogP contribution in [0.2, 0.25) is 0 Å². The van der Waals surface area contributed by atoms with Crippen LogP contribution in [0.3, 0.4) is 0 Å². The first-order chi connectivity index (χ1) is 18.5. The maximum Gasteiger partial charge on any atom is 0.163 e. The molecule has 0 saturated carbocycles. The quantitative estimate of drug-likeness (QED) is 0.263. The van der Waals surface area contributed by atoms with Gasteiger partial charge in [-0.25, -0.2) is 0 Å². The lowest BCUT2D eigenvalue weighted by Gasteiger charge is -2.19. The minimum atomic E-state index is 0.847. The Balaban J connectivity index is 1.03. The van der Waals surface area contributed by atoms with Crippen molar-refractivity contribution in [1.29, 1.82) is 0 Å². The predicted molar refractivity (Wildman–Crippen MR) is 150 cm³/mol. The van der Waals surface area contributed by atoms with Gasteiger partial charge in [-0.05, 0) is 87.5 Å². The number of hydrogen-bond donors (Lipinski definition) is 0. The maximum atomic E-state index is 5.27. The fourth-order valence-electron chi connectivity index (χ4n) is 5.47. The molecule has 1 aliphatic rings. The highest BCUT2D eigenvalue weighted by atomic mass is 16.5. The van der Waals surface area contributed by atoms with E-state index in [1.807, 2.05) is 26.0 Å². The third kappa shape index (κ3) is 5.11. The van der Waals surface area contributed by atoms with E-state index in [9.17, 15) is 0 Å². The summed E-state index contributed by atoms with van der Waals surface area (Å²) < 4.78 is 7.41. The highest BCUT2D eigenvalue weighted by molar-refractivity contribution is 5.83. The van der Waals surface area contributed by atoms with Gasteiger partial charge in [0.05, 0.1) is 5.52 Å². The molecule has 7 heteroatoms. The molecule has 4 heterocycles. The van der Waals surface area contributed by atoms with Crippen molar-refractivity contribution < 1.29 is 4.52 Å². The van der Waals surface area contributed by atoms with Crippen molar-refractivity contribution in [2.75, 3.05) is 19.6 Å². The first-order valence-corrected chi connectivity index (χ1v) is 13.6. The van der Waals surface area contributed by atoms with E-state index in [2.05, 4.69) is 79.3 Å². The van der Waals surface area contributed by atoms with Crippen LogP contribution in [0.25, 0.3) is 33.5 Å².